The van der Waals surface area contributed by atoms with Crippen LogP contribution in [0.25, 0.3) is 0 Å². The minimum absolute atomic E-state index is 0. The molecule has 0 aliphatic heterocycles. The Morgan fingerprint density at radius 2 is 0.867 bits per heavy atom. The van der Waals surface area contributed by atoms with Gasteiger partial charge in [-0.1, -0.05) is 103 Å². The van der Waals surface area contributed by atoms with Gasteiger partial charge in [-0.25, -0.2) is 0 Å². The molecule has 30 heavy (non-hydrogen) atoms. The average Bonchev–Trinajstić information content (AvgIpc) is 2.70. The van der Waals surface area contributed by atoms with E-state index in [4.69, 9.17) is 4.74 Å². The quantitative estimate of drug-likeness (QED) is 0.0611. The van der Waals surface area contributed by atoms with Crippen molar-refractivity contribution >= 4 is 41.5 Å². The molecular formula is C26H49NaO3. The third-order valence-electron chi connectivity index (χ3n) is 5.35. The monoisotopic (exact) mass is 432 g/mol. The molecule has 0 aromatic heterocycles. The number of hydrogen-bond acceptors (Lipinski definition) is 3. The second-order valence-corrected chi connectivity index (χ2v) is 8.34. The molecule has 0 unspecified atom stereocenters. The Kier molecular flexibility index (Phi) is 28.8. The third kappa shape index (κ3) is 25.9. The van der Waals surface area contributed by atoms with Crippen LogP contribution in [0.5, 0.6) is 0 Å². The average molecular weight is 433 g/mol. The van der Waals surface area contributed by atoms with Crippen LogP contribution in [-0.4, -0.2) is 41.5 Å². The van der Waals surface area contributed by atoms with E-state index in [9.17, 15) is 9.59 Å². The molecule has 0 aromatic rings. The van der Waals surface area contributed by atoms with Crippen molar-refractivity contribution in [2.45, 2.75) is 142 Å². The fourth-order valence-corrected chi connectivity index (χ4v) is 3.44. The van der Waals surface area contributed by atoms with Crippen LogP contribution in [0.2, 0.25) is 0 Å². The predicted octanol–water partition coefficient (Wildman–Crippen LogP) is 7.81. The van der Waals surface area contributed by atoms with Gasteiger partial charge in [0.15, 0.2) is 0 Å². The van der Waals surface area contributed by atoms with Crippen LogP contribution in [0, 0.1) is 0 Å². The number of carbonyl (C=O) groups excluding carboxylic acids is 2. The molecule has 0 aliphatic rings. The first kappa shape index (κ1) is 32.1. The Morgan fingerprint density at radius 1 is 0.533 bits per heavy atom. The summed E-state index contributed by atoms with van der Waals surface area (Å²) in [6.07, 6.45) is 26.9. The van der Waals surface area contributed by atoms with Gasteiger partial charge in [0.2, 0.25) is 0 Å². The maximum atomic E-state index is 11.7. The Balaban J connectivity index is 0. The van der Waals surface area contributed by atoms with Crippen LogP contribution in [0.3, 0.4) is 0 Å². The predicted molar refractivity (Wildman–Crippen MR) is 131 cm³/mol. The van der Waals surface area contributed by atoms with Gasteiger partial charge in [0, 0.05) is 12.8 Å². The van der Waals surface area contributed by atoms with Crippen LogP contribution >= 0.6 is 0 Å². The minimum atomic E-state index is -0.348. The number of rotatable bonds is 21. The van der Waals surface area contributed by atoms with Crippen molar-refractivity contribution in [2.24, 2.45) is 0 Å². The Labute approximate surface area is 209 Å². The number of carbonyl (C=O) groups is 2. The van der Waals surface area contributed by atoms with E-state index in [1.54, 1.807) is 0 Å². The normalized spacial score (nSPS) is 10.9. The van der Waals surface area contributed by atoms with Gasteiger partial charge in [-0.15, -0.1) is 0 Å². The van der Waals surface area contributed by atoms with Crippen LogP contribution < -0.4 is 0 Å². The molecular weight excluding hydrogens is 383 g/mol. The molecule has 0 N–H and O–H groups in total. The molecule has 0 radical (unpaired) electrons. The first-order valence-electron chi connectivity index (χ1n) is 12.6. The van der Waals surface area contributed by atoms with Gasteiger partial charge in [0.25, 0.3) is 0 Å². The first-order chi connectivity index (χ1) is 14.2. The van der Waals surface area contributed by atoms with Crippen molar-refractivity contribution in [3.63, 3.8) is 0 Å². The molecule has 0 aliphatic carbocycles. The van der Waals surface area contributed by atoms with Crippen LogP contribution in [0.4, 0.5) is 0 Å². The van der Waals surface area contributed by atoms with Crippen molar-refractivity contribution in [1.29, 1.82) is 0 Å². The Morgan fingerprint density at radius 3 is 1.27 bits per heavy atom. The number of hydrogen-bond donors (Lipinski definition) is 0. The fraction of sp³-hybridized carbons (Fsp3) is 0.846. The van der Waals surface area contributed by atoms with Crippen LogP contribution in [0.15, 0.2) is 12.2 Å². The molecule has 0 atom stereocenters. The summed E-state index contributed by atoms with van der Waals surface area (Å²) in [6.45, 7) is 4.43. The summed E-state index contributed by atoms with van der Waals surface area (Å²) in [5.41, 5.74) is 0. The molecule has 0 saturated carbocycles. The molecule has 0 fully saturated rings. The Bertz CT molecular complexity index is 407. The number of unbranched alkanes of at least 4 members (excludes halogenated alkanes) is 15. The summed E-state index contributed by atoms with van der Waals surface area (Å²) in [4.78, 5) is 23.3. The fourth-order valence-electron chi connectivity index (χ4n) is 3.44. The zero-order valence-corrected chi connectivity index (χ0v) is 19.5. The van der Waals surface area contributed by atoms with E-state index in [-0.39, 0.29) is 41.5 Å². The van der Waals surface area contributed by atoms with Gasteiger partial charge >= 0.3 is 41.5 Å². The molecule has 0 saturated heterocycles. The second kappa shape index (κ2) is 26.9. The van der Waals surface area contributed by atoms with E-state index in [0.717, 1.165) is 38.5 Å². The van der Waals surface area contributed by atoms with E-state index in [1.165, 1.54) is 77.0 Å². The molecule has 4 heteroatoms. The molecule has 0 heterocycles. The molecule has 0 rings (SSSR count). The van der Waals surface area contributed by atoms with Crippen LogP contribution in [0.1, 0.15) is 142 Å². The summed E-state index contributed by atoms with van der Waals surface area (Å²) in [6, 6.07) is 0. The molecule has 3 nitrogen and oxygen atoms in total. The van der Waals surface area contributed by atoms with Crippen molar-refractivity contribution in [1.82, 2.24) is 0 Å². The number of allylic oxidation sites excluding steroid dienone is 2. The summed E-state index contributed by atoms with van der Waals surface area (Å²) >= 11 is 0. The van der Waals surface area contributed by atoms with E-state index in [1.807, 2.05) is 0 Å². The van der Waals surface area contributed by atoms with Crippen molar-refractivity contribution in [3.05, 3.63) is 12.2 Å². The molecule has 0 amide bonds. The SMILES string of the molecule is CCCCCCCC/C=C\CCCCCCCC(=O)OC(=O)CCCCCCC.[NaH]. The molecule has 0 aromatic carbocycles. The van der Waals surface area contributed by atoms with E-state index in [0.29, 0.717) is 12.8 Å². The molecule has 172 valence electrons. The van der Waals surface area contributed by atoms with Crippen molar-refractivity contribution in [3.8, 4) is 0 Å². The summed E-state index contributed by atoms with van der Waals surface area (Å²) in [5.74, 6) is -0.694. The van der Waals surface area contributed by atoms with Gasteiger partial charge in [-0.3, -0.25) is 9.59 Å². The van der Waals surface area contributed by atoms with Gasteiger partial charge < -0.3 is 4.74 Å². The van der Waals surface area contributed by atoms with Crippen molar-refractivity contribution in [2.75, 3.05) is 0 Å². The summed E-state index contributed by atoms with van der Waals surface area (Å²) in [5, 5.41) is 0. The number of esters is 2. The van der Waals surface area contributed by atoms with E-state index < -0.39 is 0 Å². The zero-order chi connectivity index (χ0) is 21.4. The van der Waals surface area contributed by atoms with E-state index in [2.05, 4.69) is 26.0 Å². The summed E-state index contributed by atoms with van der Waals surface area (Å²) in [7, 11) is 0. The summed E-state index contributed by atoms with van der Waals surface area (Å²) < 4.78 is 4.89. The molecule has 0 bridgehead atoms. The van der Waals surface area contributed by atoms with Crippen molar-refractivity contribution < 1.29 is 14.3 Å². The zero-order valence-electron chi connectivity index (χ0n) is 19.5. The van der Waals surface area contributed by atoms with E-state index >= 15 is 0 Å². The van der Waals surface area contributed by atoms with Gasteiger partial charge in [0.1, 0.15) is 0 Å². The van der Waals surface area contributed by atoms with Crippen LogP contribution in [-0.2, 0) is 14.3 Å². The topological polar surface area (TPSA) is 43.4 Å². The third-order valence-corrected chi connectivity index (χ3v) is 5.35. The molecule has 0 spiro atoms. The second-order valence-electron chi connectivity index (χ2n) is 8.34. The van der Waals surface area contributed by atoms with Gasteiger partial charge in [-0.05, 0) is 38.5 Å². The number of ether oxygens (including phenoxy) is 1. The first-order valence-corrected chi connectivity index (χ1v) is 12.6. The van der Waals surface area contributed by atoms with Gasteiger partial charge in [-0.2, -0.15) is 0 Å². The Hall–Kier alpha value is -0.120. The van der Waals surface area contributed by atoms with Gasteiger partial charge in [0.05, 0.1) is 0 Å². The standard InChI is InChI=1S/C26H48O3.Na.H/c1-3-5-7-9-10-11-12-13-14-15-16-17-18-20-22-24-26(28)29-25(27)23-21-19-8-6-4-2;;/h13-14H,3-12,15-24H2,1-2H3;;/b14-13-;;. The maximum absolute atomic E-state index is 11.7.